The van der Waals surface area contributed by atoms with E-state index in [-0.39, 0.29) is 0 Å². The molecule has 0 unspecified atom stereocenters. The van der Waals surface area contributed by atoms with Gasteiger partial charge in [-0.25, -0.2) is 9.67 Å². The Balaban J connectivity index is 1.63. The molecule has 1 N–H and O–H groups in total. The van der Waals surface area contributed by atoms with E-state index in [9.17, 15) is 0 Å². The maximum absolute atomic E-state index is 4.48. The van der Waals surface area contributed by atoms with Crippen LogP contribution in [0.1, 0.15) is 37.0 Å². The lowest BCUT2D eigenvalue weighted by atomic mass is 10.3. The van der Waals surface area contributed by atoms with Crippen molar-refractivity contribution in [2.45, 2.75) is 45.3 Å². The predicted octanol–water partition coefficient (Wildman–Crippen LogP) is 0.874. The van der Waals surface area contributed by atoms with Crippen molar-refractivity contribution >= 4 is 0 Å². The molecule has 3 rings (SSSR count). The van der Waals surface area contributed by atoms with Gasteiger partial charge in [0.25, 0.3) is 0 Å². The Morgan fingerprint density at radius 2 is 2.21 bits per heavy atom. The van der Waals surface area contributed by atoms with Crippen LogP contribution >= 0.6 is 0 Å². The normalized spacial score (nSPS) is 15.1. The Bertz CT molecular complexity index is 551. The minimum atomic E-state index is 0.691. The monoisotopic (exact) mass is 260 g/mol. The number of aryl methyl sites for hydroxylation is 2. The molecule has 6 heteroatoms. The van der Waals surface area contributed by atoms with Crippen molar-refractivity contribution in [1.29, 1.82) is 0 Å². The highest BCUT2D eigenvalue weighted by atomic mass is 15.4. The molecule has 0 bridgehead atoms. The summed E-state index contributed by atoms with van der Waals surface area (Å²) in [5.41, 5.74) is 2.27. The molecule has 0 atom stereocenters. The second-order valence-electron chi connectivity index (χ2n) is 5.12. The fraction of sp³-hybridized carbons (Fsp3) is 0.615. The molecule has 0 radical (unpaired) electrons. The first-order valence-corrected chi connectivity index (χ1v) is 6.88. The lowest BCUT2D eigenvalue weighted by Crippen LogP contribution is -2.16. The molecule has 19 heavy (non-hydrogen) atoms. The van der Waals surface area contributed by atoms with Crippen LogP contribution in [-0.2, 0) is 26.6 Å². The van der Waals surface area contributed by atoms with Crippen LogP contribution in [0.3, 0.4) is 0 Å². The van der Waals surface area contributed by atoms with Crippen LogP contribution in [0.15, 0.2) is 12.4 Å². The predicted molar refractivity (Wildman–Crippen MR) is 71.6 cm³/mol. The van der Waals surface area contributed by atoms with E-state index in [4.69, 9.17) is 0 Å². The first kappa shape index (κ1) is 12.3. The van der Waals surface area contributed by atoms with Crippen LogP contribution in [0.4, 0.5) is 0 Å². The minimum Gasteiger partial charge on any atom is -0.307 e. The van der Waals surface area contributed by atoms with Gasteiger partial charge in [-0.3, -0.25) is 4.68 Å². The van der Waals surface area contributed by atoms with Crippen molar-refractivity contribution in [2.24, 2.45) is 7.05 Å². The van der Waals surface area contributed by atoms with Gasteiger partial charge in [0, 0.05) is 13.1 Å². The third-order valence-electron chi connectivity index (χ3n) is 3.42. The number of hydrogen-bond donors (Lipinski definition) is 1. The molecule has 1 saturated carbocycles. The Morgan fingerprint density at radius 3 is 2.89 bits per heavy atom. The average Bonchev–Trinajstić information content (AvgIpc) is 3.03. The second-order valence-corrected chi connectivity index (χ2v) is 5.12. The minimum absolute atomic E-state index is 0.691. The number of hydrogen-bond acceptors (Lipinski definition) is 4. The third-order valence-corrected chi connectivity index (χ3v) is 3.42. The summed E-state index contributed by atoms with van der Waals surface area (Å²) in [6.45, 7) is 3.60. The lowest BCUT2D eigenvalue weighted by molar-refractivity contribution is 0.598. The molecular weight excluding hydrogens is 240 g/mol. The number of nitrogens with one attached hydrogen (secondary N) is 1. The molecule has 1 fully saturated rings. The van der Waals surface area contributed by atoms with Gasteiger partial charge in [-0.05, 0) is 25.3 Å². The molecule has 2 aromatic heterocycles. The summed E-state index contributed by atoms with van der Waals surface area (Å²) >= 11 is 0. The molecule has 1 aliphatic rings. The second kappa shape index (κ2) is 5.13. The van der Waals surface area contributed by atoms with Gasteiger partial charge in [0.2, 0.25) is 0 Å². The highest BCUT2D eigenvalue weighted by molar-refractivity contribution is 5.10. The van der Waals surface area contributed by atoms with Crippen LogP contribution in [0, 0.1) is 0 Å². The zero-order chi connectivity index (χ0) is 13.2. The highest BCUT2D eigenvalue weighted by Crippen LogP contribution is 2.18. The van der Waals surface area contributed by atoms with Crippen molar-refractivity contribution in [2.75, 3.05) is 0 Å². The Labute approximate surface area is 112 Å². The molecule has 102 valence electrons. The summed E-state index contributed by atoms with van der Waals surface area (Å²) in [5, 5.41) is 12.3. The summed E-state index contributed by atoms with van der Waals surface area (Å²) in [6.07, 6.45) is 5.33. The van der Waals surface area contributed by atoms with Gasteiger partial charge in [-0.1, -0.05) is 6.92 Å². The van der Waals surface area contributed by atoms with Gasteiger partial charge in [-0.15, -0.1) is 0 Å². The molecule has 0 aliphatic heterocycles. The largest absolute Gasteiger partial charge is 0.307 e. The molecule has 6 nitrogen and oxygen atoms in total. The molecule has 0 aromatic carbocycles. The maximum atomic E-state index is 4.48. The molecule has 0 amide bonds. The zero-order valence-corrected chi connectivity index (χ0v) is 11.5. The van der Waals surface area contributed by atoms with Crippen molar-refractivity contribution in [1.82, 2.24) is 29.9 Å². The molecule has 0 spiro atoms. The van der Waals surface area contributed by atoms with Crippen molar-refractivity contribution in [3.63, 3.8) is 0 Å². The highest BCUT2D eigenvalue weighted by Gasteiger charge is 2.20. The van der Waals surface area contributed by atoms with Crippen molar-refractivity contribution < 1.29 is 0 Å². The van der Waals surface area contributed by atoms with E-state index in [0.717, 1.165) is 36.7 Å². The van der Waals surface area contributed by atoms with Crippen LogP contribution < -0.4 is 5.32 Å². The third kappa shape index (κ3) is 3.01. The smallest absolute Gasteiger partial charge is 0.164 e. The van der Waals surface area contributed by atoms with Gasteiger partial charge in [0.15, 0.2) is 5.82 Å². The van der Waals surface area contributed by atoms with Gasteiger partial charge in [0.05, 0.1) is 24.5 Å². The topological polar surface area (TPSA) is 60.6 Å². The van der Waals surface area contributed by atoms with Gasteiger partial charge < -0.3 is 5.32 Å². The average molecular weight is 260 g/mol. The van der Waals surface area contributed by atoms with E-state index >= 15 is 0 Å². The summed E-state index contributed by atoms with van der Waals surface area (Å²) in [4.78, 5) is 4.33. The maximum Gasteiger partial charge on any atom is 0.164 e. The quantitative estimate of drug-likeness (QED) is 0.837. The van der Waals surface area contributed by atoms with Gasteiger partial charge in [-0.2, -0.15) is 10.2 Å². The van der Waals surface area contributed by atoms with Crippen LogP contribution in [0.5, 0.6) is 0 Å². The van der Waals surface area contributed by atoms with Crippen LogP contribution in [0.2, 0.25) is 0 Å². The van der Waals surface area contributed by atoms with Gasteiger partial charge >= 0.3 is 0 Å². The molecule has 0 saturated heterocycles. The van der Waals surface area contributed by atoms with E-state index in [0.29, 0.717) is 6.04 Å². The molecule has 1 aliphatic carbocycles. The first-order chi connectivity index (χ1) is 9.24. The van der Waals surface area contributed by atoms with Gasteiger partial charge in [0.1, 0.15) is 6.33 Å². The Morgan fingerprint density at radius 1 is 1.37 bits per heavy atom. The Hall–Kier alpha value is -1.69. The summed E-state index contributed by atoms with van der Waals surface area (Å²) < 4.78 is 3.79. The molecule has 2 heterocycles. The zero-order valence-electron chi connectivity index (χ0n) is 11.5. The first-order valence-electron chi connectivity index (χ1n) is 6.88. The van der Waals surface area contributed by atoms with Crippen LogP contribution in [-0.4, -0.2) is 30.6 Å². The van der Waals surface area contributed by atoms with Crippen molar-refractivity contribution in [3.05, 3.63) is 29.6 Å². The molecular formula is C13H20N6. The standard InChI is InChI=1S/C13H20N6/c1-3-10-6-12(18(2)16-10)8-19-9-15-13(17-19)7-14-11-4-5-11/h6,9,11,14H,3-5,7-8H2,1-2H3. The van der Waals surface area contributed by atoms with E-state index in [2.05, 4.69) is 33.5 Å². The van der Waals surface area contributed by atoms with E-state index in [1.165, 1.54) is 12.8 Å². The summed E-state index contributed by atoms with van der Waals surface area (Å²) in [5.74, 6) is 0.866. The molecule has 2 aromatic rings. The fourth-order valence-corrected chi connectivity index (χ4v) is 2.07. The Kier molecular flexibility index (Phi) is 3.33. The van der Waals surface area contributed by atoms with Crippen LogP contribution in [0.25, 0.3) is 0 Å². The number of rotatable bonds is 6. The summed E-state index contributed by atoms with van der Waals surface area (Å²) in [7, 11) is 1.97. The van der Waals surface area contributed by atoms with E-state index in [1.54, 1.807) is 6.33 Å². The lowest BCUT2D eigenvalue weighted by Gasteiger charge is -2.01. The number of nitrogens with zero attached hydrogens (tertiary/aromatic N) is 5. The number of aromatic nitrogens is 5. The van der Waals surface area contributed by atoms with Crippen molar-refractivity contribution in [3.8, 4) is 0 Å². The SMILES string of the molecule is CCc1cc(Cn2cnc(CNC3CC3)n2)n(C)n1. The summed E-state index contributed by atoms with van der Waals surface area (Å²) in [6, 6.07) is 2.82. The van der Waals surface area contributed by atoms with E-state index < -0.39 is 0 Å². The van der Waals surface area contributed by atoms with E-state index in [1.807, 2.05) is 16.4 Å². The fourth-order valence-electron chi connectivity index (χ4n) is 2.07.